The van der Waals surface area contributed by atoms with Crippen molar-refractivity contribution >= 4 is 5.91 Å². The van der Waals surface area contributed by atoms with Crippen LogP contribution in [-0.4, -0.2) is 42.3 Å². The second kappa shape index (κ2) is 4.72. The smallest absolute Gasteiger partial charge is 0.241 e. The molecule has 0 aromatic rings. The van der Waals surface area contributed by atoms with Gasteiger partial charge >= 0.3 is 0 Å². The minimum absolute atomic E-state index is 0.00200. The van der Waals surface area contributed by atoms with Gasteiger partial charge in [-0.05, 0) is 25.7 Å². The molecule has 4 heteroatoms. The normalized spacial score (nSPS) is 32.8. The molecule has 0 radical (unpaired) electrons. The number of nitrogens with zero attached hydrogens (tertiary/aromatic N) is 1. The molecule has 0 aliphatic carbocycles. The molecule has 2 aliphatic heterocycles. The van der Waals surface area contributed by atoms with Crippen molar-refractivity contribution in [2.75, 3.05) is 13.2 Å². The molecular weight excluding hydrogens is 204 g/mol. The summed E-state index contributed by atoms with van der Waals surface area (Å²) in [6.45, 7) is 7.84. The number of amides is 1. The van der Waals surface area contributed by atoms with Crippen LogP contribution in [0.3, 0.4) is 0 Å². The van der Waals surface area contributed by atoms with E-state index in [1.165, 1.54) is 0 Å². The van der Waals surface area contributed by atoms with E-state index >= 15 is 0 Å². The number of hydrogen-bond acceptors (Lipinski definition) is 3. The minimum Gasteiger partial charge on any atom is -0.381 e. The van der Waals surface area contributed by atoms with Crippen molar-refractivity contribution in [2.24, 2.45) is 5.92 Å². The fourth-order valence-corrected chi connectivity index (χ4v) is 2.70. The fraction of sp³-hybridized carbons (Fsp3) is 0.917. The molecule has 0 saturated carbocycles. The lowest BCUT2D eigenvalue weighted by molar-refractivity contribution is -0.134. The first kappa shape index (κ1) is 11.9. The highest BCUT2D eigenvalue weighted by Crippen LogP contribution is 2.24. The molecule has 16 heavy (non-hydrogen) atoms. The Kier molecular flexibility index (Phi) is 3.50. The molecular formula is C12H22N2O2. The van der Waals surface area contributed by atoms with Crippen LogP contribution in [0.5, 0.6) is 0 Å². The molecule has 0 bridgehead atoms. The molecule has 0 aromatic carbocycles. The first-order valence-corrected chi connectivity index (χ1v) is 6.27. The molecule has 92 valence electrons. The molecule has 0 spiro atoms. The molecule has 2 aliphatic rings. The largest absolute Gasteiger partial charge is 0.381 e. The Bertz CT molecular complexity index is 262. The van der Waals surface area contributed by atoms with Gasteiger partial charge in [-0.3, -0.25) is 10.1 Å². The number of carbonyl (C=O) groups is 1. The average molecular weight is 226 g/mol. The lowest BCUT2D eigenvalue weighted by Crippen LogP contribution is -2.45. The zero-order chi connectivity index (χ0) is 11.7. The van der Waals surface area contributed by atoms with Gasteiger partial charge in [0.2, 0.25) is 5.91 Å². The third-order valence-electron chi connectivity index (χ3n) is 3.61. The van der Waals surface area contributed by atoms with Crippen LogP contribution in [0.2, 0.25) is 0 Å². The maximum Gasteiger partial charge on any atom is 0.241 e. The highest BCUT2D eigenvalue weighted by atomic mass is 16.5. The van der Waals surface area contributed by atoms with Crippen LogP contribution in [0, 0.1) is 5.92 Å². The van der Waals surface area contributed by atoms with E-state index in [-0.39, 0.29) is 18.1 Å². The van der Waals surface area contributed by atoms with Crippen molar-refractivity contribution in [1.29, 1.82) is 0 Å². The van der Waals surface area contributed by atoms with E-state index in [9.17, 15) is 4.79 Å². The SMILES string of the molecule is CC(C)C1NC(C)N(C2CCOCC2)C1=O. The third-order valence-corrected chi connectivity index (χ3v) is 3.61. The molecule has 2 unspecified atom stereocenters. The van der Waals surface area contributed by atoms with E-state index in [4.69, 9.17) is 4.74 Å². The van der Waals surface area contributed by atoms with Gasteiger partial charge in [-0.1, -0.05) is 13.8 Å². The van der Waals surface area contributed by atoms with Crippen molar-refractivity contribution in [3.8, 4) is 0 Å². The summed E-state index contributed by atoms with van der Waals surface area (Å²) in [7, 11) is 0. The summed E-state index contributed by atoms with van der Waals surface area (Å²) < 4.78 is 5.35. The van der Waals surface area contributed by atoms with E-state index < -0.39 is 0 Å². The maximum absolute atomic E-state index is 12.3. The summed E-state index contributed by atoms with van der Waals surface area (Å²) in [5.74, 6) is 0.634. The molecule has 0 aromatic heterocycles. The highest BCUT2D eigenvalue weighted by Gasteiger charge is 2.41. The van der Waals surface area contributed by atoms with Crippen molar-refractivity contribution < 1.29 is 9.53 Å². The van der Waals surface area contributed by atoms with Gasteiger partial charge in [0.25, 0.3) is 0 Å². The van der Waals surface area contributed by atoms with Gasteiger partial charge in [-0.15, -0.1) is 0 Å². The summed E-state index contributed by atoms with van der Waals surface area (Å²) in [5.41, 5.74) is 0. The van der Waals surface area contributed by atoms with Crippen molar-refractivity contribution in [2.45, 2.75) is 51.9 Å². The average Bonchev–Trinajstić information content (AvgIpc) is 2.56. The highest BCUT2D eigenvalue weighted by molar-refractivity contribution is 5.84. The summed E-state index contributed by atoms with van der Waals surface area (Å²) in [6, 6.07) is 0.366. The molecule has 2 atom stereocenters. The van der Waals surface area contributed by atoms with E-state index in [0.29, 0.717) is 12.0 Å². The van der Waals surface area contributed by atoms with Gasteiger partial charge in [0.05, 0.1) is 12.2 Å². The summed E-state index contributed by atoms with van der Waals surface area (Å²) in [5, 5.41) is 3.39. The van der Waals surface area contributed by atoms with Crippen LogP contribution in [0.15, 0.2) is 0 Å². The van der Waals surface area contributed by atoms with Gasteiger partial charge in [-0.2, -0.15) is 0 Å². The lowest BCUT2D eigenvalue weighted by Gasteiger charge is -2.33. The molecule has 1 amide bonds. The Morgan fingerprint density at radius 2 is 2.00 bits per heavy atom. The van der Waals surface area contributed by atoms with Crippen molar-refractivity contribution in [3.63, 3.8) is 0 Å². The molecule has 4 nitrogen and oxygen atoms in total. The molecule has 2 rings (SSSR count). The summed E-state index contributed by atoms with van der Waals surface area (Å²) in [4.78, 5) is 14.3. The molecule has 2 heterocycles. The van der Waals surface area contributed by atoms with E-state index in [1.807, 2.05) is 4.90 Å². The molecule has 2 fully saturated rings. The van der Waals surface area contributed by atoms with Crippen LogP contribution in [0.25, 0.3) is 0 Å². The zero-order valence-corrected chi connectivity index (χ0v) is 10.4. The quantitative estimate of drug-likeness (QED) is 0.763. The van der Waals surface area contributed by atoms with E-state index in [2.05, 4.69) is 26.1 Å². The predicted molar refractivity (Wildman–Crippen MR) is 61.9 cm³/mol. The van der Waals surface area contributed by atoms with Crippen molar-refractivity contribution in [1.82, 2.24) is 10.2 Å². The second-order valence-electron chi connectivity index (χ2n) is 5.15. The van der Waals surface area contributed by atoms with E-state index in [1.54, 1.807) is 0 Å². The van der Waals surface area contributed by atoms with Gasteiger partial charge in [0, 0.05) is 19.3 Å². The van der Waals surface area contributed by atoms with Crippen LogP contribution >= 0.6 is 0 Å². The Morgan fingerprint density at radius 1 is 1.38 bits per heavy atom. The first-order valence-electron chi connectivity index (χ1n) is 6.27. The summed E-state index contributed by atoms with van der Waals surface area (Å²) >= 11 is 0. The van der Waals surface area contributed by atoms with Crippen LogP contribution in [0.4, 0.5) is 0 Å². The first-order chi connectivity index (χ1) is 7.61. The Balaban J connectivity index is 2.06. The van der Waals surface area contributed by atoms with Crippen LogP contribution in [-0.2, 0) is 9.53 Å². The van der Waals surface area contributed by atoms with Crippen molar-refractivity contribution in [3.05, 3.63) is 0 Å². The lowest BCUT2D eigenvalue weighted by atomic mass is 10.0. The third kappa shape index (κ3) is 2.09. The van der Waals surface area contributed by atoms with Crippen LogP contribution < -0.4 is 5.32 Å². The predicted octanol–water partition coefficient (Wildman–Crippen LogP) is 0.968. The van der Waals surface area contributed by atoms with Gasteiger partial charge in [-0.25, -0.2) is 0 Å². The zero-order valence-electron chi connectivity index (χ0n) is 10.4. The summed E-state index contributed by atoms with van der Waals surface area (Å²) in [6.07, 6.45) is 2.12. The number of ether oxygens (including phenoxy) is 1. The Morgan fingerprint density at radius 3 is 2.50 bits per heavy atom. The monoisotopic (exact) mass is 226 g/mol. The fourth-order valence-electron chi connectivity index (χ4n) is 2.70. The van der Waals surface area contributed by atoms with Gasteiger partial charge in [0.1, 0.15) is 0 Å². The second-order valence-corrected chi connectivity index (χ2v) is 5.15. The van der Waals surface area contributed by atoms with E-state index in [0.717, 1.165) is 26.1 Å². The van der Waals surface area contributed by atoms with Gasteiger partial charge in [0.15, 0.2) is 0 Å². The Labute approximate surface area is 97.3 Å². The van der Waals surface area contributed by atoms with Gasteiger partial charge < -0.3 is 9.64 Å². The number of rotatable bonds is 2. The molecule has 2 saturated heterocycles. The maximum atomic E-state index is 12.3. The number of nitrogens with one attached hydrogen (secondary N) is 1. The topological polar surface area (TPSA) is 41.6 Å². The minimum atomic E-state index is -0.00200. The number of hydrogen-bond donors (Lipinski definition) is 1. The standard InChI is InChI=1S/C12H22N2O2/c1-8(2)11-12(15)14(9(3)13-11)10-4-6-16-7-5-10/h8-11,13H,4-7H2,1-3H3. The number of carbonyl (C=O) groups excluding carboxylic acids is 1. The van der Waals surface area contributed by atoms with Crippen LogP contribution in [0.1, 0.15) is 33.6 Å². The molecule has 1 N–H and O–H groups in total. The Hall–Kier alpha value is -0.610.